The van der Waals surface area contributed by atoms with Crippen LogP contribution in [-0.2, 0) is 4.74 Å². The molecule has 0 aliphatic rings. The lowest BCUT2D eigenvalue weighted by Crippen LogP contribution is -2.15. The van der Waals surface area contributed by atoms with Crippen molar-refractivity contribution in [2.24, 2.45) is 0 Å². The summed E-state index contributed by atoms with van der Waals surface area (Å²) in [4.78, 5) is 24.8. The van der Waals surface area contributed by atoms with Gasteiger partial charge < -0.3 is 14.0 Å². The van der Waals surface area contributed by atoms with Gasteiger partial charge in [0.1, 0.15) is 5.75 Å². The van der Waals surface area contributed by atoms with E-state index in [9.17, 15) is 9.59 Å². The minimum absolute atomic E-state index is 0.261. The Labute approximate surface area is 164 Å². The molecule has 0 fully saturated rings. The maximum atomic E-state index is 12.5. The molecular formula is C23H23NO4. The van der Waals surface area contributed by atoms with Gasteiger partial charge in [0.2, 0.25) is 0 Å². The first-order valence-corrected chi connectivity index (χ1v) is 9.01. The van der Waals surface area contributed by atoms with Crippen molar-refractivity contribution in [3.63, 3.8) is 0 Å². The van der Waals surface area contributed by atoms with Crippen LogP contribution in [0.5, 0.6) is 5.75 Å². The molecule has 0 N–H and O–H groups in total. The predicted octanol–water partition coefficient (Wildman–Crippen LogP) is 4.45. The Morgan fingerprint density at radius 3 is 2.18 bits per heavy atom. The zero-order chi connectivity index (χ0) is 20.3. The van der Waals surface area contributed by atoms with Crippen molar-refractivity contribution in [2.75, 3.05) is 13.7 Å². The van der Waals surface area contributed by atoms with Gasteiger partial charge in [-0.1, -0.05) is 17.7 Å². The van der Waals surface area contributed by atoms with Crippen LogP contribution in [0.15, 0.2) is 54.6 Å². The first-order chi connectivity index (χ1) is 13.4. The maximum Gasteiger partial charge on any atom is 0.340 e. The van der Waals surface area contributed by atoms with Crippen molar-refractivity contribution in [1.29, 1.82) is 0 Å². The largest absolute Gasteiger partial charge is 0.497 e. The fourth-order valence-electron chi connectivity index (χ4n) is 3.13. The SMILES string of the molecule is COc1ccc(C(=O)COC(=O)c2cc(C)n(-c3ccc(C)cc3)c2C)cc1. The van der Waals surface area contributed by atoms with Gasteiger partial charge in [-0.2, -0.15) is 0 Å². The summed E-state index contributed by atoms with van der Waals surface area (Å²) >= 11 is 0. The second-order valence-corrected chi connectivity index (χ2v) is 6.68. The smallest absolute Gasteiger partial charge is 0.340 e. The second kappa shape index (κ2) is 8.13. The molecule has 2 aromatic carbocycles. The van der Waals surface area contributed by atoms with Crippen molar-refractivity contribution < 1.29 is 19.1 Å². The number of Topliss-reactive ketones (excluding diaryl/α,β-unsaturated/α-hetero) is 1. The molecule has 0 bridgehead atoms. The van der Waals surface area contributed by atoms with Gasteiger partial charge in [0.25, 0.3) is 0 Å². The molecule has 1 aromatic heterocycles. The summed E-state index contributed by atoms with van der Waals surface area (Å²) in [6.45, 7) is 5.53. The molecule has 0 radical (unpaired) electrons. The van der Waals surface area contributed by atoms with Crippen molar-refractivity contribution in [3.8, 4) is 11.4 Å². The van der Waals surface area contributed by atoms with Crippen molar-refractivity contribution in [1.82, 2.24) is 4.57 Å². The molecule has 1 heterocycles. The Kier molecular flexibility index (Phi) is 5.64. The summed E-state index contributed by atoms with van der Waals surface area (Å²) < 4.78 is 12.3. The van der Waals surface area contributed by atoms with Crippen molar-refractivity contribution >= 4 is 11.8 Å². The number of carbonyl (C=O) groups excluding carboxylic acids is 2. The average molecular weight is 377 g/mol. The highest BCUT2D eigenvalue weighted by Gasteiger charge is 2.19. The minimum atomic E-state index is -0.506. The molecule has 0 saturated heterocycles. The molecule has 0 unspecified atom stereocenters. The first-order valence-electron chi connectivity index (χ1n) is 9.01. The van der Waals surface area contributed by atoms with E-state index in [4.69, 9.17) is 9.47 Å². The summed E-state index contributed by atoms with van der Waals surface area (Å²) in [5.74, 6) is -0.103. The summed E-state index contributed by atoms with van der Waals surface area (Å²) in [5.41, 5.74) is 4.79. The van der Waals surface area contributed by atoms with E-state index in [-0.39, 0.29) is 12.4 Å². The molecule has 0 atom stereocenters. The molecule has 5 nitrogen and oxygen atoms in total. The van der Waals surface area contributed by atoms with Crippen LogP contribution in [0.1, 0.15) is 37.7 Å². The molecule has 0 amide bonds. The molecule has 0 spiro atoms. The molecule has 0 aliphatic heterocycles. The number of hydrogen-bond donors (Lipinski definition) is 0. The van der Waals surface area contributed by atoms with Gasteiger partial charge >= 0.3 is 5.97 Å². The Hall–Kier alpha value is -3.34. The number of aryl methyl sites for hydroxylation is 2. The topological polar surface area (TPSA) is 57.5 Å². The van der Waals surface area contributed by atoms with Gasteiger partial charge in [0.05, 0.1) is 12.7 Å². The quantitative estimate of drug-likeness (QED) is 0.470. The molecule has 0 saturated carbocycles. The van der Waals surface area contributed by atoms with Gasteiger partial charge in [-0.3, -0.25) is 4.79 Å². The van der Waals surface area contributed by atoms with Crippen LogP contribution < -0.4 is 4.74 Å². The monoisotopic (exact) mass is 377 g/mol. The standard InChI is InChI=1S/C23H23NO4/c1-15-5-9-19(10-6-15)24-16(2)13-21(17(24)3)23(26)28-14-22(25)18-7-11-20(27-4)12-8-18/h5-13H,14H2,1-4H3. The molecule has 144 valence electrons. The average Bonchev–Trinajstić information content (AvgIpc) is 3.01. The number of hydrogen-bond acceptors (Lipinski definition) is 4. The third kappa shape index (κ3) is 3.98. The Balaban J connectivity index is 1.73. The van der Waals surface area contributed by atoms with Gasteiger partial charge in [0.15, 0.2) is 12.4 Å². The van der Waals surface area contributed by atoms with Crippen LogP contribution in [-0.4, -0.2) is 30.0 Å². The summed E-state index contributed by atoms with van der Waals surface area (Å²) in [6.07, 6.45) is 0. The van der Waals surface area contributed by atoms with Gasteiger partial charge in [-0.05, 0) is 63.2 Å². The Morgan fingerprint density at radius 2 is 1.57 bits per heavy atom. The Bertz CT molecular complexity index is 998. The van der Waals surface area contributed by atoms with Crippen LogP contribution in [0.2, 0.25) is 0 Å². The number of methoxy groups -OCH3 is 1. The number of esters is 1. The zero-order valence-electron chi connectivity index (χ0n) is 16.5. The third-order valence-electron chi connectivity index (χ3n) is 4.69. The molecular weight excluding hydrogens is 354 g/mol. The maximum absolute atomic E-state index is 12.5. The van der Waals surface area contributed by atoms with E-state index in [1.54, 1.807) is 37.4 Å². The summed E-state index contributed by atoms with van der Waals surface area (Å²) in [5, 5.41) is 0. The van der Waals surface area contributed by atoms with E-state index < -0.39 is 5.97 Å². The third-order valence-corrected chi connectivity index (χ3v) is 4.69. The van der Waals surface area contributed by atoms with Gasteiger partial charge in [-0.25, -0.2) is 4.79 Å². The lowest BCUT2D eigenvalue weighted by molar-refractivity contribution is 0.0474. The van der Waals surface area contributed by atoms with E-state index in [0.717, 1.165) is 17.1 Å². The highest BCUT2D eigenvalue weighted by atomic mass is 16.5. The van der Waals surface area contributed by atoms with Gasteiger partial charge in [-0.15, -0.1) is 0 Å². The lowest BCUT2D eigenvalue weighted by Gasteiger charge is -2.10. The predicted molar refractivity (Wildman–Crippen MR) is 108 cm³/mol. The van der Waals surface area contributed by atoms with Crippen LogP contribution >= 0.6 is 0 Å². The highest BCUT2D eigenvalue weighted by Crippen LogP contribution is 2.22. The van der Waals surface area contributed by atoms with Crippen molar-refractivity contribution in [2.45, 2.75) is 20.8 Å². The van der Waals surface area contributed by atoms with E-state index in [1.165, 1.54) is 5.56 Å². The summed E-state index contributed by atoms with van der Waals surface area (Å²) in [7, 11) is 1.56. The second-order valence-electron chi connectivity index (χ2n) is 6.68. The molecule has 0 aliphatic carbocycles. The number of rotatable bonds is 6. The first kappa shape index (κ1) is 19.4. The van der Waals surface area contributed by atoms with E-state index in [0.29, 0.717) is 16.9 Å². The number of ether oxygens (including phenoxy) is 2. The van der Waals surface area contributed by atoms with Gasteiger partial charge in [0, 0.05) is 22.6 Å². The van der Waals surface area contributed by atoms with E-state index >= 15 is 0 Å². The molecule has 3 rings (SSSR count). The zero-order valence-corrected chi connectivity index (χ0v) is 16.5. The number of ketones is 1. The number of carbonyl (C=O) groups is 2. The fraction of sp³-hybridized carbons (Fsp3) is 0.217. The lowest BCUT2D eigenvalue weighted by atomic mass is 10.1. The van der Waals surface area contributed by atoms with Crippen LogP contribution in [0.4, 0.5) is 0 Å². The van der Waals surface area contributed by atoms with Crippen molar-refractivity contribution in [3.05, 3.63) is 82.7 Å². The minimum Gasteiger partial charge on any atom is -0.497 e. The molecule has 5 heteroatoms. The van der Waals surface area contributed by atoms with Crippen LogP contribution in [0.3, 0.4) is 0 Å². The molecule has 28 heavy (non-hydrogen) atoms. The highest BCUT2D eigenvalue weighted by molar-refractivity contribution is 5.99. The normalized spacial score (nSPS) is 10.6. The van der Waals surface area contributed by atoms with Crippen LogP contribution in [0.25, 0.3) is 5.69 Å². The van der Waals surface area contributed by atoms with E-state index in [2.05, 4.69) is 0 Å². The number of benzene rings is 2. The fourth-order valence-corrected chi connectivity index (χ4v) is 3.13. The van der Waals surface area contributed by atoms with E-state index in [1.807, 2.05) is 49.6 Å². The number of aromatic nitrogens is 1. The van der Waals surface area contributed by atoms with Crippen LogP contribution in [0, 0.1) is 20.8 Å². The number of nitrogens with zero attached hydrogens (tertiary/aromatic N) is 1. The Morgan fingerprint density at radius 1 is 0.929 bits per heavy atom. The molecule has 3 aromatic rings. The summed E-state index contributed by atoms with van der Waals surface area (Å²) in [6, 6.07) is 16.6.